The van der Waals surface area contributed by atoms with E-state index in [0.29, 0.717) is 30.1 Å². The number of hydrogen-bond acceptors (Lipinski definition) is 3. The number of hydrogen-bond donors (Lipinski definition) is 1. The molecule has 0 spiro atoms. The van der Waals surface area contributed by atoms with E-state index in [4.69, 9.17) is 0 Å². The lowest BCUT2D eigenvalue weighted by molar-refractivity contribution is 0.0952. The van der Waals surface area contributed by atoms with Crippen molar-refractivity contribution in [2.75, 3.05) is 10.8 Å². The van der Waals surface area contributed by atoms with Crippen LogP contribution in [0.15, 0.2) is 47.4 Å². The Hall–Kier alpha value is -2.41. The Kier molecular flexibility index (Phi) is 5.74. The summed E-state index contributed by atoms with van der Waals surface area (Å²) < 4.78 is 40.7. The summed E-state index contributed by atoms with van der Waals surface area (Å²) in [6.45, 7) is 6.62. The van der Waals surface area contributed by atoms with Crippen molar-refractivity contribution in [3.05, 3.63) is 59.4 Å². The molecule has 2 aromatic carbocycles. The molecule has 1 atom stereocenters. The lowest BCUT2D eigenvalue weighted by Crippen LogP contribution is -2.35. The van der Waals surface area contributed by atoms with Gasteiger partial charge in [0.15, 0.2) is 0 Å². The van der Waals surface area contributed by atoms with Crippen LogP contribution < -0.4 is 9.62 Å². The number of sulfonamides is 1. The molecule has 1 aliphatic rings. The molecule has 2 aromatic rings. The molecule has 0 bridgehead atoms. The summed E-state index contributed by atoms with van der Waals surface area (Å²) in [4.78, 5) is 12.4. The van der Waals surface area contributed by atoms with Crippen LogP contribution >= 0.6 is 0 Å². The van der Waals surface area contributed by atoms with Gasteiger partial charge in [0.1, 0.15) is 5.82 Å². The SMILES string of the molecule is CC(C)CCNC(=O)c1ccc2c(c1)C[C@H](C)N2S(=O)(=O)c1ccc(F)cc1. The molecular formula is C21H25FN2O3S. The van der Waals surface area contributed by atoms with Gasteiger partial charge < -0.3 is 5.32 Å². The van der Waals surface area contributed by atoms with Gasteiger partial charge in [0.25, 0.3) is 15.9 Å². The molecule has 5 nitrogen and oxygen atoms in total. The molecule has 3 rings (SSSR count). The van der Waals surface area contributed by atoms with Gasteiger partial charge in [0.2, 0.25) is 0 Å². The first-order valence-electron chi connectivity index (χ1n) is 9.41. The van der Waals surface area contributed by atoms with E-state index in [1.54, 1.807) is 18.2 Å². The van der Waals surface area contributed by atoms with E-state index in [0.717, 1.165) is 24.1 Å². The molecule has 0 fully saturated rings. The van der Waals surface area contributed by atoms with E-state index < -0.39 is 15.8 Å². The second-order valence-corrected chi connectivity index (χ2v) is 9.40. The quantitative estimate of drug-likeness (QED) is 0.798. The first-order chi connectivity index (χ1) is 13.2. The van der Waals surface area contributed by atoms with E-state index in [1.165, 1.54) is 16.4 Å². The van der Waals surface area contributed by atoms with Crippen molar-refractivity contribution in [3.63, 3.8) is 0 Å². The monoisotopic (exact) mass is 404 g/mol. The van der Waals surface area contributed by atoms with Gasteiger partial charge >= 0.3 is 0 Å². The lowest BCUT2D eigenvalue weighted by Gasteiger charge is -2.24. The molecule has 1 amide bonds. The number of anilines is 1. The van der Waals surface area contributed by atoms with Crippen LogP contribution in [0.5, 0.6) is 0 Å². The van der Waals surface area contributed by atoms with E-state index in [9.17, 15) is 17.6 Å². The normalized spacial score (nSPS) is 16.3. The Balaban J connectivity index is 1.85. The van der Waals surface area contributed by atoms with Crippen molar-refractivity contribution in [2.45, 2.75) is 44.6 Å². The highest BCUT2D eigenvalue weighted by Crippen LogP contribution is 2.37. The zero-order valence-corrected chi connectivity index (χ0v) is 17.1. The fourth-order valence-electron chi connectivity index (χ4n) is 3.41. The molecule has 0 aromatic heterocycles. The number of halogens is 1. The zero-order chi connectivity index (χ0) is 20.5. The summed E-state index contributed by atoms with van der Waals surface area (Å²) in [6, 6.07) is 9.61. The zero-order valence-electron chi connectivity index (χ0n) is 16.3. The molecule has 1 heterocycles. The van der Waals surface area contributed by atoms with Gasteiger partial charge in [-0.3, -0.25) is 9.10 Å². The highest BCUT2D eigenvalue weighted by Gasteiger charge is 2.36. The number of fused-ring (bicyclic) bond motifs is 1. The molecule has 1 aliphatic heterocycles. The highest BCUT2D eigenvalue weighted by atomic mass is 32.2. The van der Waals surface area contributed by atoms with Gasteiger partial charge in [0.05, 0.1) is 10.6 Å². The van der Waals surface area contributed by atoms with Crippen molar-refractivity contribution >= 4 is 21.6 Å². The highest BCUT2D eigenvalue weighted by molar-refractivity contribution is 7.92. The van der Waals surface area contributed by atoms with Crippen LogP contribution in [0.4, 0.5) is 10.1 Å². The second kappa shape index (κ2) is 7.91. The average Bonchev–Trinajstić information content (AvgIpc) is 2.97. The van der Waals surface area contributed by atoms with Crippen LogP contribution in [-0.4, -0.2) is 26.9 Å². The molecule has 0 saturated carbocycles. The molecule has 0 unspecified atom stereocenters. The third-order valence-corrected chi connectivity index (χ3v) is 6.81. The number of amides is 1. The van der Waals surface area contributed by atoms with Gasteiger partial charge in [-0.25, -0.2) is 12.8 Å². The summed E-state index contributed by atoms with van der Waals surface area (Å²) >= 11 is 0. The Morgan fingerprint density at radius 3 is 2.54 bits per heavy atom. The van der Waals surface area contributed by atoms with Gasteiger partial charge in [-0.05, 0) is 73.7 Å². The number of carbonyl (C=O) groups is 1. The smallest absolute Gasteiger partial charge is 0.264 e. The summed E-state index contributed by atoms with van der Waals surface area (Å²) in [7, 11) is -3.81. The van der Waals surface area contributed by atoms with E-state index in [2.05, 4.69) is 19.2 Å². The first kappa shape index (κ1) is 20.3. The molecular weight excluding hydrogens is 379 g/mol. The summed E-state index contributed by atoms with van der Waals surface area (Å²) in [5, 5.41) is 2.90. The number of carbonyl (C=O) groups excluding carboxylic acids is 1. The molecule has 0 radical (unpaired) electrons. The number of nitrogens with zero attached hydrogens (tertiary/aromatic N) is 1. The number of benzene rings is 2. The maximum absolute atomic E-state index is 13.2. The van der Waals surface area contributed by atoms with Crippen LogP contribution in [0, 0.1) is 11.7 Å². The average molecular weight is 405 g/mol. The van der Waals surface area contributed by atoms with E-state index >= 15 is 0 Å². The molecule has 0 aliphatic carbocycles. The molecule has 1 N–H and O–H groups in total. The maximum atomic E-state index is 13.2. The topological polar surface area (TPSA) is 66.5 Å². The van der Waals surface area contributed by atoms with Crippen molar-refractivity contribution < 1.29 is 17.6 Å². The van der Waals surface area contributed by atoms with Crippen molar-refractivity contribution in [3.8, 4) is 0 Å². The van der Waals surface area contributed by atoms with Crippen molar-refractivity contribution in [1.82, 2.24) is 5.32 Å². The third-order valence-electron chi connectivity index (χ3n) is 4.87. The van der Waals surface area contributed by atoms with Gasteiger partial charge in [-0.15, -0.1) is 0 Å². The van der Waals surface area contributed by atoms with E-state index in [-0.39, 0.29) is 16.8 Å². The van der Waals surface area contributed by atoms with Crippen molar-refractivity contribution in [2.24, 2.45) is 5.92 Å². The predicted octanol–water partition coefficient (Wildman–Crippen LogP) is 3.74. The minimum Gasteiger partial charge on any atom is -0.352 e. The summed E-state index contributed by atoms with van der Waals surface area (Å²) in [5.74, 6) is -0.135. The Morgan fingerprint density at radius 1 is 1.21 bits per heavy atom. The van der Waals surface area contributed by atoms with Gasteiger partial charge in [-0.2, -0.15) is 0 Å². The van der Waals surface area contributed by atoms with Crippen LogP contribution in [0.2, 0.25) is 0 Å². The lowest BCUT2D eigenvalue weighted by atomic mass is 10.1. The number of rotatable bonds is 6. The fraction of sp³-hybridized carbons (Fsp3) is 0.381. The summed E-state index contributed by atoms with van der Waals surface area (Å²) in [5.41, 5.74) is 1.90. The van der Waals surface area contributed by atoms with E-state index in [1.807, 2.05) is 6.92 Å². The Bertz CT molecular complexity index is 972. The van der Waals surface area contributed by atoms with Crippen LogP contribution in [0.25, 0.3) is 0 Å². The van der Waals surface area contributed by atoms with Crippen LogP contribution in [0.3, 0.4) is 0 Å². The maximum Gasteiger partial charge on any atom is 0.264 e. The van der Waals surface area contributed by atoms with Crippen LogP contribution in [0.1, 0.15) is 43.1 Å². The van der Waals surface area contributed by atoms with Crippen LogP contribution in [-0.2, 0) is 16.4 Å². The van der Waals surface area contributed by atoms with Crippen molar-refractivity contribution in [1.29, 1.82) is 0 Å². The standard InChI is InChI=1S/C21H25FN2O3S/c1-14(2)10-11-23-21(25)16-4-9-20-17(13-16)12-15(3)24(20)28(26,27)19-7-5-18(22)6-8-19/h4-9,13-15H,10-12H2,1-3H3,(H,23,25)/t15-/m0/s1. The second-order valence-electron chi connectivity index (χ2n) is 7.59. The first-order valence-corrected chi connectivity index (χ1v) is 10.9. The Labute approximate surface area is 165 Å². The molecule has 28 heavy (non-hydrogen) atoms. The third kappa shape index (κ3) is 4.04. The minimum atomic E-state index is -3.81. The molecule has 150 valence electrons. The largest absolute Gasteiger partial charge is 0.352 e. The molecule has 0 saturated heterocycles. The van der Waals surface area contributed by atoms with Gasteiger partial charge in [-0.1, -0.05) is 13.8 Å². The van der Waals surface area contributed by atoms with Gasteiger partial charge in [0, 0.05) is 18.2 Å². The predicted molar refractivity (Wildman–Crippen MR) is 107 cm³/mol. The molecule has 7 heteroatoms. The minimum absolute atomic E-state index is 0.0455. The fourth-order valence-corrected chi connectivity index (χ4v) is 5.10. The number of nitrogens with one attached hydrogen (secondary N) is 1. The Morgan fingerprint density at radius 2 is 1.89 bits per heavy atom. The summed E-state index contributed by atoms with van der Waals surface area (Å²) in [6.07, 6.45) is 1.42.